The first-order chi connectivity index (χ1) is 39.7. The van der Waals surface area contributed by atoms with Gasteiger partial charge in [0, 0.05) is 72.1 Å². The molecule has 0 aromatic carbocycles. The number of thiophene rings is 6. The van der Waals surface area contributed by atoms with Crippen molar-refractivity contribution in [2.24, 2.45) is 0 Å². The van der Waals surface area contributed by atoms with Crippen LogP contribution in [0.2, 0.25) is 0 Å². The lowest BCUT2D eigenvalue weighted by molar-refractivity contribution is 0.0129. The van der Waals surface area contributed by atoms with E-state index in [0.29, 0.717) is 79.3 Å². The van der Waals surface area contributed by atoms with Gasteiger partial charge in [0.2, 0.25) is 0 Å². The van der Waals surface area contributed by atoms with Gasteiger partial charge in [0.1, 0.15) is 0 Å². The van der Waals surface area contributed by atoms with Gasteiger partial charge in [-0.25, -0.2) is 0 Å². The summed E-state index contributed by atoms with van der Waals surface area (Å²) in [6.45, 7) is 10.6. The Hall–Kier alpha value is -5.44. The van der Waals surface area contributed by atoms with Gasteiger partial charge >= 0.3 is 0 Å². The number of hydrogen-bond acceptors (Lipinski definition) is 12. The third-order valence-electron chi connectivity index (χ3n) is 14.7. The molecular formula is C64H64N4O6S6. The van der Waals surface area contributed by atoms with E-state index in [-0.39, 0.29) is 0 Å². The molecule has 412 valence electrons. The summed E-state index contributed by atoms with van der Waals surface area (Å²) in [6, 6.07) is 46.0. The maximum absolute atomic E-state index is 6.09. The molecule has 3 aliphatic rings. The van der Waals surface area contributed by atoms with E-state index in [0.717, 1.165) is 51.9 Å². The number of fused-ring (bicyclic) bond motifs is 12. The lowest BCUT2D eigenvalue weighted by Gasteiger charge is -2.14. The predicted octanol–water partition coefficient (Wildman–Crippen LogP) is 16.9. The minimum Gasteiger partial charge on any atom is -0.379 e. The lowest BCUT2D eigenvalue weighted by Crippen LogP contribution is -2.12. The summed E-state index contributed by atoms with van der Waals surface area (Å²) in [4.78, 5) is 14.9. The first-order valence-electron chi connectivity index (χ1n) is 27.9. The van der Waals surface area contributed by atoms with Crippen molar-refractivity contribution in [1.29, 1.82) is 0 Å². The Morgan fingerprint density at radius 3 is 0.625 bits per heavy atom. The number of aromatic nitrogens is 4. The highest BCUT2D eigenvalue weighted by molar-refractivity contribution is 7.19. The molecule has 16 heteroatoms. The zero-order valence-corrected chi connectivity index (χ0v) is 49.6. The Labute approximate surface area is 492 Å². The second kappa shape index (κ2) is 25.8. The molecule has 0 aliphatic carbocycles. The number of nitrogens with zero attached hydrogens (tertiary/aromatic N) is 4. The lowest BCUT2D eigenvalue weighted by atomic mass is 10.3. The minimum absolute atomic E-state index is 0.561. The van der Waals surface area contributed by atoms with Crippen LogP contribution in [0.4, 0.5) is 0 Å². The Morgan fingerprint density at radius 1 is 0.212 bits per heavy atom. The third-order valence-corrected chi connectivity index (χ3v) is 21.2. The van der Waals surface area contributed by atoms with Gasteiger partial charge < -0.3 is 46.7 Å². The summed E-state index contributed by atoms with van der Waals surface area (Å²) >= 11 is 11.1. The van der Waals surface area contributed by atoms with Gasteiger partial charge in [-0.3, -0.25) is 0 Å². The average molecular weight is 1180 g/mol. The van der Waals surface area contributed by atoms with Crippen LogP contribution < -0.4 is 0 Å². The second-order valence-electron chi connectivity index (χ2n) is 19.9. The summed E-state index contributed by atoms with van der Waals surface area (Å²) in [6.07, 6.45) is 12.7. The highest BCUT2D eigenvalue weighted by atomic mass is 32.1. The molecule has 0 spiro atoms. The molecule has 24 bridgehead atoms. The molecule has 3 aliphatic heterocycles. The van der Waals surface area contributed by atoms with Crippen LogP contribution in [0.1, 0.15) is 45.2 Å². The van der Waals surface area contributed by atoms with Crippen LogP contribution in [-0.2, 0) is 54.6 Å². The van der Waals surface area contributed by atoms with Gasteiger partial charge in [-0.2, -0.15) is 0 Å². The van der Waals surface area contributed by atoms with Crippen LogP contribution in [0.5, 0.6) is 0 Å². The molecule has 0 fully saturated rings. The van der Waals surface area contributed by atoms with Crippen LogP contribution in [0.3, 0.4) is 0 Å². The van der Waals surface area contributed by atoms with Crippen LogP contribution in [0.25, 0.3) is 109 Å². The smallest absolute Gasteiger partial charge is 0.0701 e. The highest BCUT2D eigenvalue weighted by Gasteiger charge is 2.22. The third kappa shape index (κ3) is 12.2. The second-order valence-corrected chi connectivity index (χ2v) is 26.5. The SMILES string of the molecule is C1=C\c2ccc(s2)-c2ccc3n2CCCOCCOCCOCCCn2c(ccc2-c2ccc-3s2)-c2ccc(s2)/C=C\c2ccc(s2)-c2ccc3n2CCCOCCOCCOCCCn2c(ccc2-c2ccc-3s2)-c2ccc/1s2. The molecule has 10 aromatic heterocycles. The van der Waals surface area contributed by atoms with Crippen molar-refractivity contribution in [1.82, 2.24) is 18.3 Å². The van der Waals surface area contributed by atoms with Crippen LogP contribution >= 0.6 is 68.0 Å². The number of rotatable bonds is 0. The summed E-state index contributed by atoms with van der Waals surface area (Å²) in [7, 11) is 0. The van der Waals surface area contributed by atoms with Gasteiger partial charge in [0.15, 0.2) is 0 Å². The summed E-state index contributed by atoms with van der Waals surface area (Å²) in [5, 5.41) is 0. The molecule has 0 atom stereocenters. The minimum atomic E-state index is 0.561. The van der Waals surface area contributed by atoms with E-state index in [1.165, 1.54) is 104 Å². The van der Waals surface area contributed by atoms with E-state index in [1.807, 2.05) is 68.0 Å². The van der Waals surface area contributed by atoms with Crippen molar-refractivity contribution >= 4 is 92.3 Å². The number of hydrogen-bond donors (Lipinski definition) is 0. The Balaban J connectivity index is 0.895. The average Bonchev–Trinajstić information content (AvgIpc) is 4.34. The molecule has 10 aromatic rings. The summed E-state index contributed by atoms with van der Waals surface area (Å²) < 4.78 is 46.2. The quantitative estimate of drug-likeness (QED) is 0.151. The fourth-order valence-electron chi connectivity index (χ4n) is 10.8. The molecular weight excluding hydrogens is 1110 g/mol. The van der Waals surface area contributed by atoms with E-state index in [9.17, 15) is 0 Å². The van der Waals surface area contributed by atoms with Crippen molar-refractivity contribution in [3.63, 3.8) is 0 Å². The molecule has 0 saturated carbocycles. The first kappa shape index (κ1) is 53.8. The van der Waals surface area contributed by atoms with Gasteiger partial charge in [-0.1, -0.05) is 0 Å². The van der Waals surface area contributed by atoms with E-state index in [4.69, 9.17) is 28.4 Å². The summed E-state index contributed by atoms with van der Waals surface area (Å²) in [5.74, 6) is 0. The Kier molecular flexibility index (Phi) is 17.4. The maximum atomic E-state index is 6.09. The molecule has 0 saturated heterocycles. The molecule has 0 N–H and O–H groups in total. The van der Waals surface area contributed by atoms with Crippen LogP contribution in [0.15, 0.2) is 121 Å². The van der Waals surface area contributed by atoms with Crippen LogP contribution in [-0.4, -0.2) is 97.6 Å². The topological polar surface area (TPSA) is 75.1 Å². The van der Waals surface area contributed by atoms with Crippen molar-refractivity contribution in [3.05, 3.63) is 141 Å². The zero-order chi connectivity index (χ0) is 53.5. The standard InChI is InChI=1S/C64H64N4O6S6/c1-29-65-49-13-17-53(65)61-25-26-62(79-61)54-18-14-50(66(54)30-2-34-70-38-42-73-41-37-69-33-1)58-23-11-47(77-58)7-8-48-12-24-60(78-48)52-16-20-56-64-28-27-63(80-64)55-19-15-51(59-22-10-46(76-59)6-5-45-9-21-57(49)75-45)67(55)31-3-35-71-39-43-74-44-40-72-36-4-32-68(52)56/h5-28H,1-4,29-44H2/b6-5-,8-7-,45-5?,46-6?,47-7?,48-8?,57-49?,58-50?,59-51?,60-52?,61-53?,62-54?,63-55?,64-56?. The number of ether oxygens (including phenoxy) is 6. The van der Waals surface area contributed by atoms with E-state index >= 15 is 0 Å². The molecule has 13 heterocycles. The van der Waals surface area contributed by atoms with Crippen molar-refractivity contribution in [2.45, 2.75) is 51.9 Å². The zero-order valence-electron chi connectivity index (χ0n) is 44.7. The highest BCUT2D eigenvalue weighted by Crippen LogP contribution is 2.44. The molecule has 0 amide bonds. The van der Waals surface area contributed by atoms with Crippen molar-refractivity contribution < 1.29 is 28.4 Å². The van der Waals surface area contributed by atoms with Crippen LogP contribution in [0, 0.1) is 0 Å². The van der Waals surface area contributed by atoms with Gasteiger partial charge in [0.05, 0.1) is 137 Å². The fourth-order valence-corrected chi connectivity index (χ4v) is 16.7. The Morgan fingerprint density at radius 2 is 0.400 bits per heavy atom. The molecule has 0 unspecified atom stereocenters. The maximum Gasteiger partial charge on any atom is 0.0701 e. The molecule has 13 rings (SSSR count). The Bertz CT molecular complexity index is 3240. The van der Waals surface area contributed by atoms with Gasteiger partial charge in [-0.05, 0) is 171 Å². The summed E-state index contributed by atoms with van der Waals surface area (Å²) in [5.41, 5.74) is 9.86. The monoisotopic (exact) mass is 1180 g/mol. The van der Waals surface area contributed by atoms with Crippen molar-refractivity contribution in [3.8, 4) is 84.6 Å². The van der Waals surface area contributed by atoms with E-state index < -0.39 is 0 Å². The normalized spacial score (nSPS) is 17.4. The first-order valence-corrected chi connectivity index (χ1v) is 32.8. The van der Waals surface area contributed by atoms with E-state index in [2.05, 4.69) is 164 Å². The molecule has 10 nitrogen and oxygen atoms in total. The predicted molar refractivity (Wildman–Crippen MR) is 337 cm³/mol. The van der Waals surface area contributed by atoms with Gasteiger partial charge in [0.25, 0.3) is 0 Å². The van der Waals surface area contributed by atoms with Gasteiger partial charge in [-0.15, -0.1) is 68.0 Å². The molecule has 0 radical (unpaired) electrons. The fraction of sp³-hybridized carbons (Fsp3) is 0.312. The molecule has 80 heavy (non-hydrogen) atoms. The van der Waals surface area contributed by atoms with Crippen molar-refractivity contribution in [2.75, 3.05) is 79.3 Å². The van der Waals surface area contributed by atoms with E-state index in [1.54, 1.807) is 0 Å². The largest absolute Gasteiger partial charge is 0.379 e.